The molecule has 2 atom stereocenters. The Labute approximate surface area is 195 Å². The highest BCUT2D eigenvalue weighted by atomic mass is 32.1. The van der Waals surface area contributed by atoms with E-state index < -0.39 is 0 Å². The van der Waals surface area contributed by atoms with Gasteiger partial charge < -0.3 is 10.2 Å². The molecule has 2 bridgehead atoms. The number of hydrogen-bond donors (Lipinski definition) is 1. The fourth-order valence-corrected chi connectivity index (χ4v) is 6.07. The van der Waals surface area contributed by atoms with E-state index in [2.05, 4.69) is 38.4 Å². The number of benzene rings is 1. The zero-order valence-electron chi connectivity index (χ0n) is 18.5. The van der Waals surface area contributed by atoms with Crippen LogP contribution in [0.5, 0.6) is 0 Å². The zero-order chi connectivity index (χ0) is 22.5. The molecule has 9 heteroatoms. The summed E-state index contributed by atoms with van der Waals surface area (Å²) < 4.78 is 1.16. The van der Waals surface area contributed by atoms with Crippen molar-refractivity contribution in [3.63, 3.8) is 0 Å². The predicted octanol–water partition coefficient (Wildman–Crippen LogP) is 3.93. The summed E-state index contributed by atoms with van der Waals surface area (Å²) in [5.74, 6) is 1.02. The lowest BCUT2D eigenvalue weighted by atomic mass is 9.64. The largest absolute Gasteiger partial charge is 0.359 e. The van der Waals surface area contributed by atoms with Crippen LogP contribution in [-0.2, 0) is 0 Å². The van der Waals surface area contributed by atoms with E-state index in [1.54, 1.807) is 23.7 Å². The van der Waals surface area contributed by atoms with E-state index in [1.165, 1.54) is 4.80 Å². The zero-order valence-corrected chi connectivity index (χ0v) is 19.4. The lowest BCUT2D eigenvalue weighted by Gasteiger charge is -2.57. The Morgan fingerprint density at radius 3 is 2.70 bits per heavy atom. The van der Waals surface area contributed by atoms with Crippen LogP contribution in [0.15, 0.2) is 48.8 Å². The number of nitrogens with one attached hydrogen (secondary N) is 1. The summed E-state index contributed by atoms with van der Waals surface area (Å²) in [6.07, 6.45) is 5.34. The molecule has 0 spiro atoms. The van der Waals surface area contributed by atoms with Crippen molar-refractivity contribution < 1.29 is 4.79 Å². The molecule has 1 aliphatic carbocycles. The van der Waals surface area contributed by atoms with Crippen LogP contribution < -0.4 is 5.32 Å². The average molecular weight is 460 g/mol. The van der Waals surface area contributed by atoms with Gasteiger partial charge in [0.2, 0.25) is 0 Å². The summed E-state index contributed by atoms with van der Waals surface area (Å²) in [7, 11) is 0. The molecule has 8 nitrogen and oxygen atoms in total. The second kappa shape index (κ2) is 7.91. The highest BCUT2D eigenvalue weighted by Gasteiger charge is 2.51. The van der Waals surface area contributed by atoms with Crippen molar-refractivity contribution in [3.05, 3.63) is 60.2 Å². The molecule has 1 aromatic carbocycles. The molecule has 2 aliphatic heterocycles. The smallest absolute Gasteiger partial charge is 0.275 e. The SMILES string of the molecule is Cc1ccc(-n2nccn2)c(C(=O)N2C3CC(C3)[C@@H](C)C2CNc2nc3ccccc3s2)n1. The van der Waals surface area contributed by atoms with E-state index in [0.29, 0.717) is 29.8 Å². The summed E-state index contributed by atoms with van der Waals surface area (Å²) in [5, 5.41) is 12.9. The molecule has 3 aromatic heterocycles. The quantitative estimate of drug-likeness (QED) is 0.486. The number of piperidine rings is 2. The van der Waals surface area contributed by atoms with Crippen LogP contribution in [0.2, 0.25) is 0 Å². The lowest BCUT2D eigenvalue weighted by molar-refractivity contribution is -0.0505. The monoisotopic (exact) mass is 459 g/mol. The summed E-state index contributed by atoms with van der Waals surface area (Å²) in [6, 6.07) is 12.2. The van der Waals surface area contributed by atoms with Crippen LogP contribution in [0.25, 0.3) is 15.9 Å². The van der Waals surface area contributed by atoms with Crippen molar-refractivity contribution in [3.8, 4) is 5.69 Å². The molecule has 33 heavy (non-hydrogen) atoms. The third kappa shape index (κ3) is 3.47. The Bertz CT molecular complexity index is 1280. The van der Waals surface area contributed by atoms with E-state index in [9.17, 15) is 4.79 Å². The van der Waals surface area contributed by atoms with Gasteiger partial charge in [-0.25, -0.2) is 9.97 Å². The minimum Gasteiger partial charge on any atom is -0.359 e. The van der Waals surface area contributed by atoms with Crippen molar-refractivity contribution in [2.45, 2.75) is 38.8 Å². The van der Waals surface area contributed by atoms with Gasteiger partial charge in [0.15, 0.2) is 10.8 Å². The first-order valence-electron chi connectivity index (χ1n) is 11.3. The van der Waals surface area contributed by atoms with Gasteiger partial charge in [0, 0.05) is 18.3 Å². The van der Waals surface area contributed by atoms with Gasteiger partial charge >= 0.3 is 0 Å². The normalized spacial score (nSPS) is 24.0. The minimum atomic E-state index is -0.0444. The van der Waals surface area contributed by atoms with E-state index in [4.69, 9.17) is 4.98 Å². The van der Waals surface area contributed by atoms with E-state index in [0.717, 1.165) is 33.9 Å². The summed E-state index contributed by atoms with van der Waals surface area (Å²) in [6.45, 7) is 4.84. The number of thiazole rings is 1. The maximum absolute atomic E-state index is 14.0. The molecule has 2 saturated heterocycles. The molecule has 1 amide bonds. The number of para-hydroxylation sites is 1. The molecule has 1 saturated carbocycles. The number of carbonyl (C=O) groups is 1. The minimum absolute atomic E-state index is 0.0444. The van der Waals surface area contributed by atoms with Crippen LogP contribution in [0.4, 0.5) is 5.13 Å². The predicted molar refractivity (Wildman–Crippen MR) is 128 cm³/mol. The van der Waals surface area contributed by atoms with Crippen molar-refractivity contribution in [2.75, 3.05) is 11.9 Å². The van der Waals surface area contributed by atoms with Crippen LogP contribution in [0.1, 0.15) is 35.9 Å². The summed E-state index contributed by atoms with van der Waals surface area (Å²) >= 11 is 1.65. The van der Waals surface area contributed by atoms with Gasteiger partial charge in [-0.15, -0.1) is 4.80 Å². The first kappa shape index (κ1) is 20.3. The molecule has 7 rings (SSSR count). The Kier molecular flexibility index (Phi) is 4.86. The number of carbonyl (C=O) groups excluding carboxylic acids is 1. The highest BCUT2D eigenvalue weighted by molar-refractivity contribution is 7.22. The van der Waals surface area contributed by atoms with Crippen LogP contribution in [0, 0.1) is 18.8 Å². The third-order valence-electron chi connectivity index (χ3n) is 7.09. The van der Waals surface area contributed by atoms with Gasteiger partial charge in [-0.3, -0.25) is 4.79 Å². The first-order valence-corrected chi connectivity index (χ1v) is 12.2. The van der Waals surface area contributed by atoms with Gasteiger partial charge in [-0.1, -0.05) is 30.4 Å². The van der Waals surface area contributed by atoms with Crippen molar-refractivity contribution in [1.29, 1.82) is 0 Å². The maximum Gasteiger partial charge on any atom is 0.275 e. The van der Waals surface area contributed by atoms with Gasteiger partial charge in [0.1, 0.15) is 5.69 Å². The van der Waals surface area contributed by atoms with Crippen LogP contribution >= 0.6 is 11.3 Å². The molecule has 1 N–H and O–H groups in total. The van der Waals surface area contributed by atoms with E-state index in [1.807, 2.05) is 37.3 Å². The fourth-order valence-electron chi connectivity index (χ4n) is 5.20. The summed E-state index contributed by atoms with van der Waals surface area (Å²) in [5.41, 5.74) is 2.82. The topological polar surface area (TPSA) is 88.8 Å². The second-order valence-electron chi connectivity index (χ2n) is 9.03. The molecular weight excluding hydrogens is 434 g/mol. The second-order valence-corrected chi connectivity index (χ2v) is 10.1. The van der Waals surface area contributed by atoms with Gasteiger partial charge in [0.05, 0.1) is 28.7 Å². The third-order valence-corrected chi connectivity index (χ3v) is 8.09. The molecule has 5 heterocycles. The van der Waals surface area contributed by atoms with E-state index in [-0.39, 0.29) is 18.0 Å². The molecule has 3 fully saturated rings. The number of hydrogen-bond acceptors (Lipinski definition) is 7. The number of pyridine rings is 1. The average Bonchev–Trinajstić information content (AvgIpc) is 3.46. The molecule has 3 aliphatic rings. The van der Waals surface area contributed by atoms with Crippen molar-refractivity contribution in [1.82, 2.24) is 29.9 Å². The van der Waals surface area contributed by atoms with Crippen molar-refractivity contribution in [2.24, 2.45) is 11.8 Å². The molecular formula is C24H25N7OS. The fraction of sp³-hybridized carbons (Fsp3) is 0.375. The number of anilines is 1. The number of aryl methyl sites for hydroxylation is 1. The molecule has 4 aromatic rings. The standard InChI is InChI=1S/C24H25N7OS/c1-14-7-8-19(31-26-9-10-27-31)22(28-14)23(32)30-17-11-16(12-17)15(2)20(30)13-25-24-29-18-5-3-4-6-21(18)33-24/h3-10,15-17,20H,11-13H2,1-2H3,(H,25,29)/t15-,16?,17?,20?/m1/s1. The number of aromatic nitrogens is 5. The van der Waals surface area contributed by atoms with Gasteiger partial charge in [0.25, 0.3) is 5.91 Å². The summed E-state index contributed by atoms with van der Waals surface area (Å²) in [4.78, 5) is 26.9. The highest BCUT2D eigenvalue weighted by Crippen LogP contribution is 2.47. The molecule has 0 radical (unpaired) electrons. The molecule has 168 valence electrons. The van der Waals surface area contributed by atoms with Crippen LogP contribution in [0.3, 0.4) is 0 Å². The molecule has 1 unspecified atom stereocenters. The Morgan fingerprint density at radius 2 is 1.91 bits per heavy atom. The van der Waals surface area contributed by atoms with Gasteiger partial charge in [-0.05, 0) is 55.9 Å². The Balaban J connectivity index is 1.31. The Morgan fingerprint density at radius 1 is 1.12 bits per heavy atom. The number of amides is 1. The van der Waals surface area contributed by atoms with Crippen molar-refractivity contribution >= 4 is 32.6 Å². The Hall–Kier alpha value is -3.33. The maximum atomic E-state index is 14.0. The van der Waals surface area contributed by atoms with E-state index >= 15 is 0 Å². The van der Waals surface area contributed by atoms with Gasteiger partial charge in [-0.2, -0.15) is 10.2 Å². The first-order chi connectivity index (χ1) is 16.1. The van der Waals surface area contributed by atoms with Crippen LogP contribution in [-0.4, -0.2) is 54.4 Å². The number of rotatable bonds is 5. The number of nitrogens with zero attached hydrogens (tertiary/aromatic N) is 6. The lowest BCUT2D eigenvalue weighted by Crippen LogP contribution is -2.64. The number of fused-ring (bicyclic) bond motifs is 3.